The number of carbonyl (C=O) groups is 1. The number of nitrogens with zero attached hydrogens (tertiary/aromatic N) is 2. The normalized spacial score (nSPS) is 22.2. The third-order valence-corrected chi connectivity index (χ3v) is 8.10. The summed E-state index contributed by atoms with van der Waals surface area (Å²) in [6, 6.07) is 15.9. The zero-order valence-corrected chi connectivity index (χ0v) is 18.4. The standard InChI is InChI=1S/C23H31N3O3S/c1-17-20-14-18(10-11-21(20)24-30(17,28)29)15-23(27)25(2)22(16-26-12-6-7-13-26)19-8-4-3-5-9-19/h3-5,8-11,14,17,22,24,28-29H,6-7,12-13,15-16H2,1-2H3. The van der Waals surface area contributed by atoms with Crippen molar-refractivity contribution >= 4 is 22.4 Å². The molecular formula is C23H31N3O3S. The van der Waals surface area contributed by atoms with Gasteiger partial charge >= 0.3 is 0 Å². The van der Waals surface area contributed by atoms with E-state index in [0.29, 0.717) is 6.42 Å². The molecule has 2 aliphatic heterocycles. The number of nitrogens with one attached hydrogen (secondary N) is 1. The quantitative estimate of drug-likeness (QED) is 0.622. The van der Waals surface area contributed by atoms with Gasteiger partial charge in [-0.25, -0.2) is 0 Å². The van der Waals surface area contributed by atoms with Crippen LogP contribution in [0.2, 0.25) is 0 Å². The van der Waals surface area contributed by atoms with E-state index in [9.17, 15) is 13.9 Å². The lowest BCUT2D eigenvalue weighted by Gasteiger charge is -2.32. The van der Waals surface area contributed by atoms with Gasteiger partial charge in [0.25, 0.3) is 0 Å². The molecular weight excluding hydrogens is 398 g/mol. The minimum absolute atomic E-state index is 0.0128. The Balaban J connectivity index is 1.51. The number of benzene rings is 2. The molecule has 0 bridgehead atoms. The van der Waals surface area contributed by atoms with Gasteiger partial charge in [0, 0.05) is 19.2 Å². The number of rotatable bonds is 6. The highest BCUT2D eigenvalue weighted by Gasteiger charge is 2.33. The Kier molecular flexibility index (Phi) is 6.06. The maximum atomic E-state index is 13.2. The van der Waals surface area contributed by atoms with Crippen LogP contribution in [0.4, 0.5) is 5.69 Å². The van der Waals surface area contributed by atoms with E-state index in [-0.39, 0.29) is 17.2 Å². The molecule has 1 fully saturated rings. The maximum Gasteiger partial charge on any atom is 0.227 e. The van der Waals surface area contributed by atoms with Gasteiger partial charge in [0.05, 0.1) is 23.4 Å². The topological polar surface area (TPSA) is 76.0 Å². The van der Waals surface area contributed by atoms with Crippen LogP contribution in [-0.4, -0.2) is 51.5 Å². The Morgan fingerprint density at radius 3 is 2.60 bits per heavy atom. The third kappa shape index (κ3) is 4.34. The van der Waals surface area contributed by atoms with Crippen LogP contribution in [0.3, 0.4) is 0 Å². The van der Waals surface area contributed by atoms with Crippen molar-refractivity contribution in [2.24, 2.45) is 0 Å². The predicted octanol–water partition coefficient (Wildman–Crippen LogP) is 4.68. The number of amides is 1. The molecule has 0 radical (unpaired) electrons. The lowest BCUT2D eigenvalue weighted by molar-refractivity contribution is -0.131. The molecule has 7 heteroatoms. The van der Waals surface area contributed by atoms with Gasteiger partial charge in [0.2, 0.25) is 5.91 Å². The summed E-state index contributed by atoms with van der Waals surface area (Å²) in [5.74, 6) is 0.0632. The fraction of sp³-hybridized carbons (Fsp3) is 0.435. The van der Waals surface area contributed by atoms with Crippen molar-refractivity contribution in [3.8, 4) is 0 Å². The molecule has 2 atom stereocenters. The first-order valence-electron chi connectivity index (χ1n) is 10.6. The minimum Gasteiger partial charge on any atom is -0.337 e. The van der Waals surface area contributed by atoms with Crippen LogP contribution in [0, 0.1) is 0 Å². The minimum atomic E-state index is -2.86. The second-order valence-corrected chi connectivity index (χ2v) is 10.5. The van der Waals surface area contributed by atoms with E-state index < -0.39 is 10.8 Å². The lowest BCUT2D eigenvalue weighted by atomic mass is 10.0. The van der Waals surface area contributed by atoms with E-state index in [2.05, 4.69) is 21.8 Å². The summed E-state index contributed by atoms with van der Waals surface area (Å²) in [7, 11) is -0.966. The first-order chi connectivity index (χ1) is 14.3. The fourth-order valence-corrected chi connectivity index (χ4v) is 5.62. The molecule has 3 N–H and O–H groups in total. The molecule has 0 saturated carbocycles. The van der Waals surface area contributed by atoms with E-state index in [4.69, 9.17) is 0 Å². The van der Waals surface area contributed by atoms with Crippen molar-refractivity contribution in [3.05, 3.63) is 65.2 Å². The van der Waals surface area contributed by atoms with Gasteiger partial charge in [-0.3, -0.25) is 18.6 Å². The number of anilines is 1. The number of likely N-dealkylation sites (N-methyl/N-ethyl adjacent to an activating group) is 1. The van der Waals surface area contributed by atoms with Crippen molar-refractivity contribution in [1.29, 1.82) is 0 Å². The van der Waals surface area contributed by atoms with Crippen LogP contribution >= 0.6 is 10.8 Å². The van der Waals surface area contributed by atoms with E-state index in [1.807, 2.05) is 48.3 Å². The first-order valence-corrected chi connectivity index (χ1v) is 12.2. The zero-order chi connectivity index (χ0) is 21.3. The van der Waals surface area contributed by atoms with Gasteiger partial charge in [-0.2, -0.15) is 0 Å². The molecule has 6 nitrogen and oxygen atoms in total. The highest BCUT2D eigenvalue weighted by molar-refractivity contribution is 8.25. The van der Waals surface area contributed by atoms with Gasteiger partial charge in [-0.1, -0.05) is 42.5 Å². The van der Waals surface area contributed by atoms with Crippen LogP contribution < -0.4 is 4.72 Å². The largest absolute Gasteiger partial charge is 0.337 e. The van der Waals surface area contributed by atoms with Gasteiger partial charge < -0.3 is 9.80 Å². The Morgan fingerprint density at radius 2 is 1.90 bits per heavy atom. The lowest BCUT2D eigenvalue weighted by Crippen LogP contribution is -2.39. The van der Waals surface area contributed by atoms with Crippen molar-refractivity contribution in [2.75, 3.05) is 31.4 Å². The molecule has 2 heterocycles. The molecule has 162 valence electrons. The number of hydrogen-bond donors (Lipinski definition) is 3. The molecule has 2 aromatic carbocycles. The second kappa shape index (κ2) is 8.59. The van der Waals surface area contributed by atoms with Crippen LogP contribution in [0.15, 0.2) is 48.5 Å². The van der Waals surface area contributed by atoms with Gasteiger partial charge in [0.15, 0.2) is 0 Å². The van der Waals surface area contributed by atoms with E-state index in [1.165, 1.54) is 12.8 Å². The van der Waals surface area contributed by atoms with Crippen LogP contribution in [-0.2, 0) is 11.2 Å². The van der Waals surface area contributed by atoms with Crippen molar-refractivity contribution in [1.82, 2.24) is 9.80 Å². The first kappa shape index (κ1) is 21.2. The molecule has 2 aliphatic rings. The van der Waals surface area contributed by atoms with Gasteiger partial charge in [0.1, 0.15) is 0 Å². The van der Waals surface area contributed by atoms with Gasteiger partial charge in [-0.05, 0) is 50.0 Å². The van der Waals surface area contributed by atoms with E-state index >= 15 is 0 Å². The summed E-state index contributed by atoms with van der Waals surface area (Å²) in [5, 5.41) is -0.382. The fourth-order valence-electron chi connectivity index (χ4n) is 4.39. The Morgan fingerprint density at radius 1 is 1.20 bits per heavy atom. The van der Waals surface area contributed by atoms with Crippen LogP contribution in [0.5, 0.6) is 0 Å². The smallest absolute Gasteiger partial charge is 0.227 e. The molecule has 2 unspecified atom stereocenters. The highest BCUT2D eigenvalue weighted by Crippen LogP contribution is 2.60. The van der Waals surface area contributed by atoms with Crippen molar-refractivity contribution in [2.45, 2.75) is 37.5 Å². The molecule has 2 aromatic rings. The average Bonchev–Trinajstić information content (AvgIpc) is 3.33. The summed E-state index contributed by atoms with van der Waals surface area (Å²) >= 11 is 0. The molecule has 1 saturated heterocycles. The van der Waals surface area contributed by atoms with Crippen molar-refractivity contribution < 1.29 is 13.9 Å². The summed E-state index contributed by atoms with van der Waals surface area (Å²) in [6.45, 7) is 4.83. The van der Waals surface area contributed by atoms with Crippen molar-refractivity contribution in [3.63, 3.8) is 0 Å². The summed E-state index contributed by atoms with van der Waals surface area (Å²) in [5.41, 5.74) is 3.65. The monoisotopic (exact) mass is 429 g/mol. The molecule has 4 rings (SSSR count). The highest BCUT2D eigenvalue weighted by atomic mass is 32.3. The number of carbonyl (C=O) groups excluding carboxylic acids is 1. The number of hydrogen-bond acceptors (Lipinski definition) is 5. The number of likely N-dealkylation sites (tertiary alicyclic amines) is 1. The van der Waals surface area contributed by atoms with E-state index in [1.54, 1.807) is 6.92 Å². The Bertz CT molecular complexity index is 900. The van der Waals surface area contributed by atoms with Crippen LogP contribution in [0.25, 0.3) is 0 Å². The zero-order valence-electron chi connectivity index (χ0n) is 17.6. The second-order valence-electron chi connectivity index (χ2n) is 8.37. The summed E-state index contributed by atoms with van der Waals surface area (Å²) in [4.78, 5) is 17.5. The van der Waals surface area contributed by atoms with E-state index in [0.717, 1.165) is 42.0 Å². The molecule has 0 aromatic heterocycles. The van der Waals surface area contributed by atoms with Crippen LogP contribution in [0.1, 0.15) is 47.7 Å². The summed E-state index contributed by atoms with van der Waals surface area (Å²) < 4.78 is 23.1. The molecule has 1 amide bonds. The summed E-state index contributed by atoms with van der Waals surface area (Å²) in [6.07, 6.45) is 2.73. The average molecular weight is 430 g/mol. The predicted molar refractivity (Wildman–Crippen MR) is 123 cm³/mol. The molecule has 0 spiro atoms. The van der Waals surface area contributed by atoms with Gasteiger partial charge in [-0.15, -0.1) is 10.8 Å². The Labute approximate surface area is 180 Å². The Hall–Kier alpha value is -2.06. The molecule has 0 aliphatic carbocycles. The molecule has 30 heavy (non-hydrogen) atoms. The number of fused-ring (bicyclic) bond motifs is 1. The SMILES string of the molecule is CC1c2cc(CC(=O)N(C)C(CN3CCCC3)c3ccccc3)ccc2NS1(O)O. The third-order valence-electron chi connectivity index (χ3n) is 6.34. The maximum absolute atomic E-state index is 13.2.